The molecule has 20 heavy (non-hydrogen) atoms. The van der Waals surface area contributed by atoms with Crippen LogP contribution in [0.3, 0.4) is 0 Å². The third-order valence-electron chi connectivity index (χ3n) is 5.06. The number of carbonyl (C=O) groups is 1. The zero-order valence-electron chi connectivity index (χ0n) is 12.6. The highest BCUT2D eigenvalue weighted by Crippen LogP contribution is 2.34. The van der Waals surface area contributed by atoms with Gasteiger partial charge in [0.2, 0.25) is 5.91 Å². The predicted octanol–water partition coefficient (Wildman–Crippen LogP) is 2.98. The molecule has 4 heteroatoms. The first-order chi connectivity index (χ1) is 9.24. The molecule has 3 rings (SSSR count). The second-order valence-corrected chi connectivity index (χ2v) is 6.96. The lowest BCUT2D eigenvalue weighted by Gasteiger charge is -2.31. The second kappa shape index (κ2) is 7.13. The van der Waals surface area contributed by atoms with E-state index in [4.69, 9.17) is 0 Å². The third kappa shape index (κ3) is 4.11. The summed E-state index contributed by atoms with van der Waals surface area (Å²) in [4.78, 5) is 14.7. The largest absolute Gasteiger partial charge is 0.342 e. The number of nitrogens with one attached hydrogen (secondary N) is 1. The van der Waals surface area contributed by atoms with Gasteiger partial charge in [-0.2, -0.15) is 0 Å². The number of rotatable bonds is 6. The monoisotopic (exact) mass is 300 g/mol. The summed E-state index contributed by atoms with van der Waals surface area (Å²) < 4.78 is 0. The van der Waals surface area contributed by atoms with Gasteiger partial charge >= 0.3 is 0 Å². The highest BCUT2D eigenvalue weighted by molar-refractivity contribution is 5.85. The van der Waals surface area contributed by atoms with Crippen molar-refractivity contribution < 1.29 is 4.79 Å². The van der Waals surface area contributed by atoms with Crippen molar-refractivity contribution in [1.82, 2.24) is 10.2 Å². The summed E-state index contributed by atoms with van der Waals surface area (Å²) in [6.07, 6.45) is 9.69. The fourth-order valence-electron chi connectivity index (χ4n) is 3.92. The van der Waals surface area contributed by atoms with Crippen LogP contribution in [0.15, 0.2) is 0 Å². The van der Waals surface area contributed by atoms with Crippen molar-refractivity contribution in [2.45, 2.75) is 70.4 Å². The number of hydrogen-bond acceptors (Lipinski definition) is 2. The van der Waals surface area contributed by atoms with Gasteiger partial charge in [0.1, 0.15) is 0 Å². The Morgan fingerprint density at radius 3 is 2.30 bits per heavy atom. The number of hydrogen-bond donors (Lipinski definition) is 1. The van der Waals surface area contributed by atoms with Gasteiger partial charge in [0.05, 0.1) is 0 Å². The highest BCUT2D eigenvalue weighted by Gasteiger charge is 2.35. The van der Waals surface area contributed by atoms with Gasteiger partial charge in [0, 0.05) is 31.6 Å². The summed E-state index contributed by atoms with van der Waals surface area (Å²) in [5.41, 5.74) is 0. The van der Waals surface area contributed by atoms with E-state index in [-0.39, 0.29) is 12.4 Å². The van der Waals surface area contributed by atoms with Gasteiger partial charge in [-0.1, -0.05) is 6.92 Å². The van der Waals surface area contributed by atoms with Crippen molar-refractivity contribution in [2.24, 2.45) is 11.8 Å². The minimum atomic E-state index is 0. The Kier molecular flexibility index (Phi) is 5.74. The maximum atomic E-state index is 12.5. The van der Waals surface area contributed by atoms with Crippen LogP contribution in [0.1, 0.15) is 58.3 Å². The van der Waals surface area contributed by atoms with E-state index in [0.717, 1.165) is 31.8 Å². The Hall–Kier alpha value is -0.280. The molecule has 0 spiro atoms. The third-order valence-corrected chi connectivity index (χ3v) is 5.06. The van der Waals surface area contributed by atoms with E-state index in [9.17, 15) is 4.79 Å². The first-order valence-corrected chi connectivity index (χ1v) is 8.28. The summed E-state index contributed by atoms with van der Waals surface area (Å²) in [5, 5.41) is 3.67. The van der Waals surface area contributed by atoms with Gasteiger partial charge in [-0.25, -0.2) is 0 Å². The van der Waals surface area contributed by atoms with Crippen molar-refractivity contribution in [1.29, 1.82) is 0 Å². The van der Waals surface area contributed by atoms with Crippen molar-refractivity contribution >= 4 is 18.3 Å². The van der Waals surface area contributed by atoms with Crippen LogP contribution < -0.4 is 5.32 Å². The molecule has 3 nitrogen and oxygen atoms in total. The summed E-state index contributed by atoms with van der Waals surface area (Å²) in [7, 11) is 0. The number of fused-ring (bicyclic) bond motifs is 2. The maximum absolute atomic E-state index is 12.5. The van der Waals surface area contributed by atoms with Gasteiger partial charge in [-0.05, 0) is 56.8 Å². The second-order valence-electron chi connectivity index (χ2n) is 6.96. The Morgan fingerprint density at radius 2 is 1.75 bits per heavy atom. The molecule has 1 aliphatic carbocycles. The summed E-state index contributed by atoms with van der Waals surface area (Å²) >= 11 is 0. The molecule has 3 aliphatic rings. The van der Waals surface area contributed by atoms with Crippen LogP contribution >= 0.6 is 12.4 Å². The molecule has 3 fully saturated rings. The first kappa shape index (κ1) is 16.1. The molecule has 116 valence electrons. The van der Waals surface area contributed by atoms with E-state index in [2.05, 4.69) is 17.1 Å². The minimum absolute atomic E-state index is 0. The number of carbonyl (C=O) groups excluding carboxylic acids is 1. The number of piperidine rings is 1. The molecule has 0 aromatic carbocycles. The van der Waals surface area contributed by atoms with Crippen LogP contribution in [-0.2, 0) is 4.79 Å². The summed E-state index contributed by atoms with van der Waals surface area (Å²) in [6.45, 7) is 4.18. The van der Waals surface area contributed by atoms with E-state index in [1.54, 1.807) is 0 Å². The van der Waals surface area contributed by atoms with E-state index in [1.807, 2.05) is 0 Å². The number of nitrogens with zero attached hydrogens (tertiary/aromatic N) is 1. The van der Waals surface area contributed by atoms with Crippen molar-refractivity contribution in [3.63, 3.8) is 0 Å². The lowest BCUT2D eigenvalue weighted by atomic mass is 9.89. The van der Waals surface area contributed by atoms with E-state index < -0.39 is 0 Å². The van der Waals surface area contributed by atoms with Crippen LogP contribution in [0.25, 0.3) is 0 Å². The summed E-state index contributed by atoms with van der Waals surface area (Å²) in [6, 6.07) is 1.42. The van der Waals surface area contributed by atoms with Crippen LogP contribution in [0, 0.1) is 11.8 Å². The van der Waals surface area contributed by atoms with Crippen LogP contribution in [0.2, 0.25) is 0 Å². The summed E-state index contributed by atoms with van der Waals surface area (Å²) in [5.74, 6) is 1.89. The van der Waals surface area contributed by atoms with Crippen LogP contribution in [0.5, 0.6) is 0 Å². The molecule has 1 amide bonds. The van der Waals surface area contributed by atoms with Crippen molar-refractivity contribution in [3.8, 4) is 0 Å². The van der Waals surface area contributed by atoms with Gasteiger partial charge in [0.15, 0.2) is 0 Å². The van der Waals surface area contributed by atoms with Gasteiger partial charge in [-0.15, -0.1) is 12.4 Å². The average Bonchev–Trinajstić information content (AvgIpc) is 3.14. The number of amides is 1. The lowest BCUT2D eigenvalue weighted by Crippen LogP contribution is -2.41. The van der Waals surface area contributed by atoms with Crippen LogP contribution in [0.4, 0.5) is 0 Å². The average molecular weight is 301 g/mol. The Bertz CT molecular complexity index is 320. The van der Waals surface area contributed by atoms with Crippen molar-refractivity contribution in [2.75, 3.05) is 13.1 Å². The van der Waals surface area contributed by atoms with E-state index in [0.29, 0.717) is 23.9 Å². The topological polar surface area (TPSA) is 32.3 Å². The minimum Gasteiger partial charge on any atom is -0.342 e. The molecular weight excluding hydrogens is 272 g/mol. The molecule has 2 atom stereocenters. The molecule has 1 saturated carbocycles. The molecular formula is C16H29ClN2O. The molecule has 2 unspecified atom stereocenters. The Labute approximate surface area is 129 Å². The molecule has 2 aliphatic heterocycles. The van der Waals surface area contributed by atoms with E-state index >= 15 is 0 Å². The van der Waals surface area contributed by atoms with Crippen molar-refractivity contribution in [3.05, 3.63) is 0 Å². The fraction of sp³-hybridized carbons (Fsp3) is 0.938. The van der Waals surface area contributed by atoms with Gasteiger partial charge in [0.25, 0.3) is 0 Å². The molecule has 2 heterocycles. The first-order valence-electron chi connectivity index (χ1n) is 8.28. The maximum Gasteiger partial charge on any atom is 0.222 e. The highest BCUT2D eigenvalue weighted by atomic mass is 35.5. The fourth-order valence-corrected chi connectivity index (χ4v) is 3.92. The number of halogens is 1. The Morgan fingerprint density at radius 1 is 1.10 bits per heavy atom. The van der Waals surface area contributed by atoms with E-state index in [1.165, 1.54) is 38.5 Å². The predicted molar refractivity (Wildman–Crippen MR) is 84.1 cm³/mol. The quantitative estimate of drug-likeness (QED) is 0.818. The molecule has 0 aromatic heterocycles. The SMILES string of the molecule is CCCN(CC1CC1)C(=O)CC1CC2CCC(C1)N2.Cl. The molecule has 2 saturated heterocycles. The molecule has 1 N–H and O–H groups in total. The molecule has 2 bridgehead atoms. The zero-order valence-corrected chi connectivity index (χ0v) is 13.5. The van der Waals surface area contributed by atoms with Gasteiger partial charge in [-0.3, -0.25) is 4.79 Å². The lowest BCUT2D eigenvalue weighted by molar-refractivity contribution is -0.132. The normalized spacial score (nSPS) is 31.8. The van der Waals surface area contributed by atoms with Gasteiger partial charge < -0.3 is 10.2 Å². The Balaban J connectivity index is 0.00000147. The zero-order chi connectivity index (χ0) is 13.2. The van der Waals surface area contributed by atoms with Crippen LogP contribution in [-0.4, -0.2) is 36.0 Å². The smallest absolute Gasteiger partial charge is 0.222 e. The standard InChI is InChI=1S/C16H28N2O.ClH/c1-2-7-18(11-12-3-4-12)16(19)10-13-8-14-5-6-15(9-13)17-14;/h12-15,17H,2-11H2,1H3;1H. The molecule has 0 aromatic rings. The molecule has 0 radical (unpaired) electrons.